The van der Waals surface area contributed by atoms with Gasteiger partial charge in [-0.1, -0.05) is 18.2 Å². The molecule has 1 atom stereocenters. The van der Waals surface area contributed by atoms with E-state index in [2.05, 4.69) is 21.8 Å². The smallest absolute Gasteiger partial charge is 0.240 e. The molecule has 0 aromatic heterocycles. The van der Waals surface area contributed by atoms with Crippen molar-refractivity contribution in [2.45, 2.75) is 32.1 Å². The first-order valence-corrected chi connectivity index (χ1v) is 10.9. The molecule has 1 fully saturated rings. The van der Waals surface area contributed by atoms with E-state index in [1.54, 1.807) is 12.1 Å². The fourth-order valence-corrected chi connectivity index (χ4v) is 4.97. The first kappa shape index (κ1) is 19.7. The van der Waals surface area contributed by atoms with Crippen LogP contribution in [0.3, 0.4) is 0 Å². The van der Waals surface area contributed by atoms with Crippen LogP contribution >= 0.6 is 0 Å². The highest BCUT2D eigenvalue weighted by Gasteiger charge is 2.25. The summed E-state index contributed by atoms with van der Waals surface area (Å²) < 4.78 is 34.0. The standard InChI is InChI=1S/C21H28N2O3S/c1-4-26-20-12-17(3)21(13-16(20)2)27(24,25)22-14-18-10-11-23(15-18)19-8-6-5-7-9-19/h5-9,12-13,18,22H,4,10-11,14-15H2,1-3H3. The predicted molar refractivity (Wildman–Crippen MR) is 109 cm³/mol. The second kappa shape index (κ2) is 8.31. The van der Waals surface area contributed by atoms with Gasteiger partial charge in [0.15, 0.2) is 0 Å². The number of anilines is 1. The molecular weight excluding hydrogens is 360 g/mol. The van der Waals surface area contributed by atoms with Crippen LogP contribution in [0.25, 0.3) is 0 Å². The Kier molecular flexibility index (Phi) is 6.07. The van der Waals surface area contributed by atoms with E-state index in [1.807, 2.05) is 39.0 Å². The van der Waals surface area contributed by atoms with Crippen molar-refractivity contribution in [2.75, 3.05) is 31.1 Å². The second-order valence-corrected chi connectivity index (χ2v) is 8.84. The number of benzene rings is 2. The summed E-state index contributed by atoms with van der Waals surface area (Å²) in [4.78, 5) is 2.65. The van der Waals surface area contributed by atoms with Crippen LogP contribution in [-0.4, -0.2) is 34.7 Å². The maximum atomic E-state index is 12.8. The molecule has 2 aromatic rings. The van der Waals surface area contributed by atoms with Crippen LogP contribution in [0.2, 0.25) is 0 Å². The lowest BCUT2D eigenvalue weighted by molar-refractivity contribution is 0.337. The maximum Gasteiger partial charge on any atom is 0.240 e. The lowest BCUT2D eigenvalue weighted by Crippen LogP contribution is -2.31. The van der Waals surface area contributed by atoms with Gasteiger partial charge in [0.05, 0.1) is 11.5 Å². The van der Waals surface area contributed by atoms with E-state index in [4.69, 9.17) is 4.74 Å². The Balaban J connectivity index is 1.65. The molecular formula is C21H28N2O3S. The molecule has 0 saturated carbocycles. The minimum Gasteiger partial charge on any atom is -0.494 e. The van der Waals surface area contributed by atoms with Crippen LogP contribution in [0.15, 0.2) is 47.4 Å². The number of nitrogens with one attached hydrogen (secondary N) is 1. The van der Waals surface area contributed by atoms with E-state index in [-0.39, 0.29) is 0 Å². The Bertz CT molecular complexity index is 882. The van der Waals surface area contributed by atoms with Gasteiger partial charge in [-0.25, -0.2) is 13.1 Å². The van der Waals surface area contributed by atoms with Gasteiger partial charge in [0.25, 0.3) is 0 Å². The molecule has 1 N–H and O–H groups in total. The fraction of sp³-hybridized carbons (Fsp3) is 0.429. The number of hydrogen-bond donors (Lipinski definition) is 1. The van der Waals surface area contributed by atoms with Crippen molar-refractivity contribution in [3.8, 4) is 5.75 Å². The summed E-state index contributed by atoms with van der Waals surface area (Å²) in [6.45, 7) is 8.44. The number of para-hydroxylation sites is 1. The zero-order valence-corrected chi connectivity index (χ0v) is 17.1. The van der Waals surface area contributed by atoms with Gasteiger partial charge in [-0.15, -0.1) is 0 Å². The van der Waals surface area contributed by atoms with E-state index in [9.17, 15) is 8.42 Å². The molecule has 0 bridgehead atoms. The monoisotopic (exact) mass is 388 g/mol. The Morgan fingerprint density at radius 3 is 2.59 bits per heavy atom. The highest BCUT2D eigenvalue weighted by atomic mass is 32.2. The zero-order chi connectivity index (χ0) is 19.4. The number of aryl methyl sites for hydroxylation is 2. The van der Waals surface area contributed by atoms with Crippen molar-refractivity contribution in [1.29, 1.82) is 0 Å². The van der Waals surface area contributed by atoms with Crippen molar-refractivity contribution >= 4 is 15.7 Å². The first-order valence-electron chi connectivity index (χ1n) is 9.44. The number of ether oxygens (including phenoxy) is 1. The minimum atomic E-state index is -3.54. The Morgan fingerprint density at radius 2 is 1.89 bits per heavy atom. The topological polar surface area (TPSA) is 58.6 Å². The number of sulfonamides is 1. The lowest BCUT2D eigenvalue weighted by Gasteiger charge is -2.19. The van der Waals surface area contributed by atoms with Crippen molar-refractivity contribution in [2.24, 2.45) is 5.92 Å². The molecule has 1 aliphatic rings. The molecule has 6 heteroatoms. The van der Waals surface area contributed by atoms with Gasteiger partial charge in [-0.2, -0.15) is 0 Å². The van der Waals surface area contributed by atoms with Crippen molar-refractivity contribution in [3.05, 3.63) is 53.6 Å². The molecule has 0 aliphatic carbocycles. The third-order valence-corrected chi connectivity index (χ3v) is 6.60. The van der Waals surface area contributed by atoms with Gasteiger partial charge in [0.2, 0.25) is 10.0 Å². The van der Waals surface area contributed by atoms with Gasteiger partial charge in [-0.05, 0) is 68.5 Å². The summed E-state index contributed by atoms with van der Waals surface area (Å²) in [6, 6.07) is 13.8. The van der Waals surface area contributed by atoms with Crippen LogP contribution in [0.4, 0.5) is 5.69 Å². The molecule has 1 saturated heterocycles. The van der Waals surface area contributed by atoms with E-state index in [0.29, 0.717) is 29.5 Å². The van der Waals surface area contributed by atoms with Gasteiger partial charge < -0.3 is 9.64 Å². The molecule has 0 amide bonds. The minimum absolute atomic E-state index is 0.309. The molecule has 0 radical (unpaired) electrons. The van der Waals surface area contributed by atoms with E-state index in [1.165, 1.54) is 5.69 Å². The quantitative estimate of drug-likeness (QED) is 0.789. The van der Waals surface area contributed by atoms with Crippen LogP contribution in [0.1, 0.15) is 24.5 Å². The summed E-state index contributed by atoms with van der Waals surface area (Å²) >= 11 is 0. The van der Waals surface area contributed by atoms with Gasteiger partial charge in [-0.3, -0.25) is 0 Å². The van der Waals surface area contributed by atoms with Gasteiger partial charge in [0, 0.05) is 25.3 Å². The molecule has 1 heterocycles. The SMILES string of the molecule is CCOc1cc(C)c(S(=O)(=O)NCC2CCN(c3ccccc3)C2)cc1C. The predicted octanol–water partition coefficient (Wildman–Crippen LogP) is 3.51. The van der Waals surface area contributed by atoms with Gasteiger partial charge in [0.1, 0.15) is 5.75 Å². The number of nitrogens with zero attached hydrogens (tertiary/aromatic N) is 1. The summed E-state index contributed by atoms with van der Waals surface area (Å²) in [5, 5.41) is 0. The average molecular weight is 389 g/mol. The highest BCUT2D eigenvalue weighted by Crippen LogP contribution is 2.27. The lowest BCUT2D eigenvalue weighted by atomic mass is 10.1. The van der Waals surface area contributed by atoms with Crippen LogP contribution < -0.4 is 14.4 Å². The van der Waals surface area contributed by atoms with Crippen LogP contribution in [0.5, 0.6) is 5.75 Å². The zero-order valence-electron chi connectivity index (χ0n) is 16.2. The molecule has 0 spiro atoms. The summed E-state index contributed by atoms with van der Waals surface area (Å²) in [6.07, 6.45) is 0.985. The molecule has 146 valence electrons. The average Bonchev–Trinajstić information content (AvgIpc) is 3.13. The van der Waals surface area contributed by atoms with E-state index >= 15 is 0 Å². The summed E-state index contributed by atoms with van der Waals surface area (Å²) in [5.41, 5.74) is 2.73. The first-order chi connectivity index (χ1) is 12.9. The second-order valence-electron chi connectivity index (χ2n) is 7.10. The van der Waals surface area contributed by atoms with Crippen LogP contribution in [0, 0.1) is 19.8 Å². The van der Waals surface area contributed by atoms with Crippen molar-refractivity contribution in [3.63, 3.8) is 0 Å². The highest BCUT2D eigenvalue weighted by molar-refractivity contribution is 7.89. The van der Waals surface area contributed by atoms with E-state index in [0.717, 1.165) is 30.8 Å². The van der Waals surface area contributed by atoms with Crippen LogP contribution in [-0.2, 0) is 10.0 Å². The van der Waals surface area contributed by atoms with Crippen molar-refractivity contribution in [1.82, 2.24) is 4.72 Å². The largest absolute Gasteiger partial charge is 0.494 e. The normalized spacial score (nSPS) is 17.3. The molecule has 3 rings (SSSR count). The van der Waals surface area contributed by atoms with Gasteiger partial charge >= 0.3 is 0 Å². The fourth-order valence-electron chi connectivity index (χ4n) is 3.54. The van der Waals surface area contributed by atoms with E-state index < -0.39 is 10.0 Å². The Morgan fingerprint density at radius 1 is 1.15 bits per heavy atom. The molecule has 2 aromatic carbocycles. The Hall–Kier alpha value is -2.05. The summed E-state index contributed by atoms with van der Waals surface area (Å²) in [7, 11) is -3.54. The molecule has 27 heavy (non-hydrogen) atoms. The third-order valence-electron chi connectivity index (χ3n) is 5.03. The number of rotatable bonds is 7. The summed E-state index contributed by atoms with van der Waals surface area (Å²) in [5.74, 6) is 1.05. The number of hydrogen-bond acceptors (Lipinski definition) is 4. The third kappa shape index (κ3) is 4.62. The van der Waals surface area contributed by atoms with Crippen molar-refractivity contribution < 1.29 is 13.2 Å². The molecule has 1 unspecified atom stereocenters. The molecule has 5 nitrogen and oxygen atoms in total. The maximum absolute atomic E-state index is 12.8. The Labute approximate surface area is 162 Å². The molecule has 1 aliphatic heterocycles.